The van der Waals surface area contributed by atoms with Crippen LogP contribution in [0.25, 0.3) is 0 Å². The lowest BCUT2D eigenvalue weighted by Gasteiger charge is -2.22. The van der Waals surface area contributed by atoms with E-state index in [1.807, 2.05) is 0 Å². The molecule has 1 aliphatic rings. The predicted molar refractivity (Wildman–Crippen MR) is 127 cm³/mol. The smallest absolute Gasteiger partial charge is 0.416 e. The number of ether oxygens (including phenoxy) is 1. The molecule has 0 radical (unpaired) electrons. The van der Waals surface area contributed by atoms with Gasteiger partial charge in [-0.15, -0.1) is 0 Å². The number of pyridine rings is 1. The van der Waals surface area contributed by atoms with Gasteiger partial charge in [0.1, 0.15) is 16.9 Å². The van der Waals surface area contributed by atoms with Crippen molar-refractivity contribution in [3.05, 3.63) is 89.6 Å². The van der Waals surface area contributed by atoms with E-state index in [1.54, 1.807) is 30.3 Å². The summed E-state index contributed by atoms with van der Waals surface area (Å²) in [7, 11) is 0. The van der Waals surface area contributed by atoms with E-state index >= 15 is 0 Å². The van der Waals surface area contributed by atoms with Crippen molar-refractivity contribution in [1.29, 1.82) is 0 Å². The molecule has 1 fully saturated rings. The molecule has 13 heteroatoms. The van der Waals surface area contributed by atoms with Gasteiger partial charge in [0, 0.05) is 11.9 Å². The normalized spacial score (nSPS) is 17.1. The Labute approximate surface area is 213 Å². The molecule has 0 saturated carbocycles. The topological polar surface area (TPSA) is 130 Å². The van der Waals surface area contributed by atoms with Gasteiger partial charge in [0.2, 0.25) is 0 Å². The number of halogens is 3. The number of alkyl halides is 3. The molecule has 1 aliphatic heterocycles. The standard InChI is InChI=1S/C25H20F3N5O5/c1-24(15-7-3-2-4-8-15)22(36)33(23(37)31-24)32-19(34)14-38-21(35)18-11-6-12-29-20(18)30-17-10-5-9-16(13-17)25(26,27)28/h2-13H,14H2,1H3,(H,29,30)(H,31,37)(H,32,34)/t24-/m0/s1. The molecule has 0 aliphatic carbocycles. The Balaban J connectivity index is 1.40. The van der Waals surface area contributed by atoms with Crippen molar-refractivity contribution in [2.24, 2.45) is 0 Å². The lowest BCUT2D eigenvalue weighted by Crippen LogP contribution is -2.49. The number of aromatic nitrogens is 1. The van der Waals surface area contributed by atoms with Crippen LogP contribution in [0.5, 0.6) is 0 Å². The van der Waals surface area contributed by atoms with Crippen LogP contribution in [-0.2, 0) is 26.0 Å². The lowest BCUT2D eigenvalue weighted by atomic mass is 9.92. The van der Waals surface area contributed by atoms with Crippen LogP contribution in [0, 0.1) is 0 Å². The molecule has 1 saturated heterocycles. The average molecular weight is 527 g/mol. The van der Waals surface area contributed by atoms with Crippen LogP contribution in [0.15, 0.2) is 72.9 Å². The van der Waals surface area contributed by atoms with E-state index < -0.39 is 47.7 Å². The lowest BCUT2D eigenvalue weighted by molar-refractivity contribution is -0.140. The number of rotatable bonds is 7. The molecular formula is C25H20F3N5O5. The number of amides is 4. The van der Waals surface area contributed by atoms with E-state index in [0.29, 0.717) is 10.6 Å². The zero-order valence-electron chi connectivity index (χ0n) is 19.7. The Morgan fingerprint density at radius 3 is 2.50 bits per heavy atom. The largest absolute Gasteiger partial charge is 0.452 e. The number of esters is 1. The number of nitrogens with one attached hydrogen (secondary N) is 3. The third kappa shape index (κ3) is 5.40. The van der Waals surface area contributed by atoms with Gasteiger partial charge >= 0.3 is 18.2 Å². The van der Waals surface area contributed by atoms with E-state index in [-0.39, 0.29) is 17.1 Å². The summed E-state index contributed by atoms with van der Waals surface area (Å²) in [5.74, 6) is -2.84. The molecule has 3 aromatic rings. The molecule has 10 nitrogen and oxygen atoms in total. The van der Waals surface area contributed by atoms with Crippen LogP contribution in [0.3, 0.4) is 0 Å². The molecule has 4 rings (SSSR count). The molecule has 0 bridgehead atoms. The molecular weight excluding hydrogens is 507 g/mol. The zero-order valence-corrected chi connectivity index (χ0v) is 19.7. The molecule has 1 aromatic heterocycles. The first-order valence-electron chi connectivity index (χ1n) is 11.1. The number of hydrogen-bond acceptors (Lipinski definition) is 7. The molecule has 0 unspecified atom stereocenters. The van der Waals surface area contributed by atoms with Crippen LogP contribution in [-0.4, -0.2) is 40.4 Å². The van der Waals surface area contributed by atoms with E-state index in [0.717, 1.165) is 12.1 Å². The highest BCUT2D eigenvalue weighted by Crippen LogP contribution is 2.32. The fourth-order valence-corrected chi connectivity index (χ4v) is 3.65. The second-order valence-corrected chi connectivity index (χ2v) is 8.28. The van der Waals surface area contributed by atoms with E-state index in [1.165, 1.54) is 37.4 Å². The van der Waals surface area contributed by atoms with Crippen molar-refractivity contribution in [1.82, 2.24) is 20.7 Å². The molecule has 0 spiro atoms. The molecule has 3 N–H and O–H groups in total. The van der Waals surface area contributed by atoms with Gasteiger partial charge in [-0.25, -0.2) is 14.6 Å². The quantitative estimate of drug-likeness (QED) is 0.317. The van der Waals surface area contributed by atoms with Crippen LogP contribution in [0.4, 0.5) is 29.5 Å². The molecule has 4 amide bonds. The van der Waals surface area contributed by atoms with Crippen molar-refractivity contribution >= 4 is 35.3 Å². The van der Waals surface area contributed by atoms with E-state index in [4.69, 9.17) is 4.74 Å². The molecule has 196 valence electrons. The number of anilines is 2. The third-order valence-electron chi connectivity index (χ3n) is 5.59. The summed E-state index contributed by atoms with van der Waals surface area (Å²) in [6, 6.07) is 14.5. The van der Waals surface area contributed by atoms with Gasteiger partial charge in [-0.3, -0.25) is 15.0 Å². The second-order valence-electron chi connectivity index (χ2n) is 8.28. The SMILES string of the molecule is C[C@@]1(c2ccccc2)NC(=O)N(NC(=O)COC(=O)c2cccnc2Nc2cccc(C(F)(F)F)c2)C1=O. The van der Waals surface area contributed by atoms with Crippen LogP contribution < -0.4 is 16.1 Å². The minimum Gasteiger partial charge on any atom is -0.452 e. The minimum atomic E-state index is -4.57. The van der Waals surface area contributed by atoms with Gasteiger partial charge in [-0.2, -0.15) is 18.2 Å². The van der Waals surface area contributed by atoms with Crippen LogP contribution >= 0.6 is 0 Å². The highest BCUT2D eigenvalue weighted by Gasteiger charge is 2.50. The highest BCUT2D eigenvalue weighted by molar-refractivity contribution is 6.08. The Hall–Kier alpha value is -4.94. The molecule has 2 heterocycles. The number of nitrogens with zero attached hydrogens (tertiary/aromatic N) is 2. The van der Waals surface area contributed by atoms with Crippen molar-refractivity contribution < 1.29 is 37.1 Å². The second kappa shape index (κ2) is 10.2. The number of hydrogen-bond donors (Lipinski definition) is 3. The first-order chi connectivity index (χ1) is 18.0. The number of urea groups is 1. The van der Waals surface area contributed by atoms with Gasteiger partial charge in [0.05, 0.1) is 5.56 Å². The summed E-state index contributed by atoms with van der Waals surface area (Å²) in [6.07, 6.45) is -3.26. The summed E-state index contributed by atoms with van der Waals surface area (Å²) >= 11 is 0. The minimum absolute atomic E-state index is 0.0188. The maximum atomic E-state index is 13.0. The Kier molecular flexibility index (Phi) is 7.02. The Bertz CT molecular complexity index is 1400. The number of imide groups is 1. The monoisotopic (exact) mass is 527 g/mol. The summed E-state index contributed by atoms with van der Waals surface area (Å²) in [4.78, 5) is 54.2. The van der Waals surface area contributed by atoms with Crippen molar-refractivity contribution in [2.75, 3.05) is 11.9 Å². The highest BCUT2D eigenvalue weighted by atomic mass is 19.4. The summed E-state index contributed by atoms with van der Waals surface area (Å²) in [6.45, 7) is 0.617. The molecule has 2 aromatic carbocycles. The first-order valence-corrected chi connectivity index (χ1v) is 11.1. The number of hydrazine groups is 1. The zero-order chi connectivity index (χ0) is 27.5. The first kappa shape index (κ1) is 26.1. The average Bonchev–Trinajstić information content (AvgIpc) is 3.11. The van der Waals surface area contributed by atoms with E-state index in [9.17, 15) is 32.3 Å². The van der Waals surface area contributed by atoms with Gasteiger partial charge in [0.15, 0.2) is 6.61 Å². The van der Waals surface area contributed by atoms with Crippen molar-refractivity contribution in [3.63, 3.8) is 0 Å². The van der Waals surface area contributed by atoms with Crippen LogP contribution in [0.2, 0.25) is 0 Å². The third-order valence-corrected chi connectivity index (χ3v) is 5.59. The predicted octanol–water partition coefficient (Wildman–Crippen LogP) is 3.50. The fraction of sp³-hybridized carbons (Fsp3) is 0.160. The Morgan fingerprint density at radius 1 is 1.05 bits per heavy atom. The molecule has 1 atom stereocenters. The van der Waals surface area contributed by atoms with Gasteiger partial charge < -0.3 is 15.4 Å². The summed E-state index contributed by atoms with van der Waals surface area (Å²) in [5.41, 5.74) is 0.143. The van der Waals surface area contributed by atoms with Gasteiger partial charge in [0.25, 0.3) is 11.8 Å². The number of carbonyl (C=O) groups excluding carboxylic acids is 4. The van der Waals surface area contributed by atoms with Crippen molar-refractivity contribution in [3.8, 4) is 0 Å². The number of benzene rings is 2. The van der Waals surface area contributed by atoms with Crippen molar-refractivity contribution in [2.45, 2.75) is 18.6 Å². The summed E-state index contributed by atoms with van der Waals surface area (Å²) < 4.78 is 44.0. The van der Waals surface area contributed by atoms with Gasteiger partial charge in [-0.1, -0.05) is 36.4 Å². The summed E-state index contributed by atoms with van der Waals surface area (Å²) in [5, 5.41) is 5.64. The van der Waals surface area contributed by atoms with Crippen LogP contribution in [0.1, 0.15) is 28.4 Å². The molecule has 38 heavy (non-hydrogen) atoms. The Morgan fingerprint density at radius 2 is 1.79 bits per heavy atom. The van der Waals surface area contributed by atoms with Gasteiger partial charge in [-0.05, 0) is 42.8 Å². The number of carbonyl (C=O) groups is 4. The fourth-order valence-electron chi connectivity index (χ4n) is 3.65. The maximum absolute atomic E-state index is 13.0. The van der Waals surface area contributed by atoms with E-state index in [2.05, 4.69) is 21.0 Å². The maximum Gasteiger partial charge on any atom is 0.416 e.